The van der Waals surface area contributed by atoms with Crippen molar-refractivity contribution in [3.63, 3.8) is 0 Å². The molecule has 2 aromatic rings. The summed E-state index contributed by atoms with van der Waals surface area (Å²) in [5.41, 5.74) is 0.750. The van der Waals surface area contributed by atoms with Crippen molar-refractivity contribution in [1.82, 2.24) is 8.61 Å². The Balaban J connectivity index is 1.69. The second-order valence-electron chi connectivity index (χ2n) is 6.65. The molecule has 168 valence electrons. The predicted molar refractivity (Wildman–Crippen MR) is 115 cm³/mol. The summed E-state index contributed by atoms with van der Waals surface area (Å²) in [4.78, 5) is 12.5. The molecule has 1 aliphatic rings. The van der Waals surface area contributed by atoms with E-state index in [1.54, 1.807) is 0 Å². The highest BCUT2D eigenvalue weighted by molar-refractivity contribution is 7.87. The fourth-order valence-corrected chi connectivity index (χ4v) is 5.09. The summed E-state index contributed by atoms with van der Waals surface area (Å²) in [5, 5.41) is 3.00. The van der Waals surface area contributed by atoms with Crippen molar-refractivity contribution < 1.29 is 27.1 Å². The lowest BCUT2D eigenvalue weighted by molar-refractivity contribution is -0.116. The Morgan fingerprint density at radius 2 is 1.74 bits per heavy atom. The molecule has 0 aliphatic carbocycles. The van der Waals surface area contributed by atoms with Gasteiger partial charge in [0.2, 0.25) is 5.91 Å². The third kappa shape index (κ3) is 5.21. The van der Waals surface area contributed by atoms with Crippen molar-refractivity contribution >= 4 is 45.0 Å². The number of nitrogens with zero attached hydrogens (tertiary/aromatic N) is 2. The van der Waals surface area contributed by atoms with E-state index < -0.39 is 28.5 Å². The van der Waals surface area contributed by atoms with Gasteiger partial charge in [0.25, 0.3) is 10.2 Å². The summed E-state index contributed by atoms with van der Waals surface area (Å²) in [5.74, 6) is -0.393. The lowest BCUT2D eigenvalue weighted by atomic mass is 10.2. The van der Waals surface area contributed by atoms with Crippen molar-refractivity contribution in [2.75, 3.05) is 39.2 Å². The number of rotatable bonds is 7. The molecule has 2 aromatic carbocycles. The number of carbonyl (C=O) groups is 1. The van der Waals surface area contributed by atoms with E-state index in [0.717, 1.165) is 10.4 Å². The third-order valence-corrected chi connectivity index (χ3v) is 7.26. The fourth-order valence-electron chi connectivity index (χ4n) is 3.09. The molecule has 0 radical (unpaired) electrons. The quantitative estimate of drug-likeness (QED) is 0.642. The number of halogens is 3. The van der Waals surface area contributed by atoms with Crippen LogP contribution in [0.4, 0.5) is 10.1 Å². The Hall–Kier alpha value is -2.11. The van der Waals surface area contributed by atoms with E-state index in [-0.39, 0.29) is 35.4 Å². The van der Waals surface area contributed by atoms with Gasteiger partial charge in [-0.2, -0.15) is 17.0 Å². The zero-order chi connectivity index (χ0) is 22.8. The van der Waals surface area contributed by atoms with Gasteiger partial charge >= 0.3 is 0 Å². The van der Waals surface area contributed by atoms with E-state index in [4.69, 9.17) is 32.7 Å². The second-order valence-corrected chi connectivity index (χ2v) is 9.39. The molecule has 1 saturated heterocycles. The minimum absolute atomic E-state index is 0.0263. The standard InChI is InChI=1S/C19H20Cl2FN3O5S/c1-29-17-9-18(30-2)16(8-15(17)21)23-19(26)11-25-6-5-24(31(25,27)28)10-12-3-4-13(22)7-14(12)20/h3-4,7-9H,5-6,10-11H2,1-2H3,(H,23,26). The summed E-state index contributed by atoms with van der Waals surface area (Å²) in [7, 11) is -1.03. The molecule has 0 saturated carbocycles. The number of benzene rings is 2. The molecule has 0 aromatic heterocycles. The highest BCUT2D eigenvalue weighted by Crippen LogP contribution is 2.36. The number of nitrogens with one attached hydrogen (secondary N) is 1. The molecule has 0 bridgehead atoms. The van der Waals surface area contributed by atoms with Gasteiger partial charge in [0.1, 0.15) is 17.3 Å². The molecule has 8 nitrogen and oxygen atoms in total. The lowest BCUT2D eigenvalue weighted by Crippen LogP contribution is -2.37. The second kappa shape index (κ2) is 9.58. The molecule has 0 unspecified atom stereocenters. The molecule has 1 heterocycles. The summed E-state index contributed by atoms with van der Waals surface area (Å²) in [6.07, 6.45) is 0. The summed E-state index contributed by atoms with van der Waals surface area (Å²) < 4.78 is 51.4. The molecular formula is C19H20Cl2FN3O5S. The van der Waals surface area contributed by atoms with Gasteiger partial charge in [0.15, 0.2) is 0 Å². The molecule has 31 heavy (non-hydrogen) atoms. The smallest absolute Gasteiger partial charge is 0.282 e. The Morgan fingerprint density at radius 1 is 1.06 bits per heavy atom. The van der Waals surface area contributed by atoms with Crippen LogP contribution in [-0.2, 0) is 21.5 Å². The first-order valence-corrected chi connectivity index (χ1v) is 11.2. The van der Waals surface area contributed by atoms with E-state index in [9.17, 15) is 17.6 Å². The maximum absolute atomic E-state index is 13.2. The van der Waals surface area contributed by atoms with Crippen LogP contribution in [0.15, 0.2) is 30.3 Å². The van der Waals surface area contributed by atoms with E-state index >= 15 is 0 Å². The van der Waals surface area contributed by atoms with Crippen LogP contribution < -0.4 is 14.8 Å². The van der Waals surface area contributed by atoms with Crippen LogP contribution in [0.1, 0.15) is 5.56 Å². The molecule has 1 aliphatic heterocycles. The normalized spacial score (nSPS) is 16.3. The first-order chi connectivity index (χ1) is 14.6. The molecular weight excluding hydrogens is 472 g/mol. The van der Waals surface area contributed by atoms with Crippen molar-refractivity contribution in [1.29, 1.82) is 0 Å². The first-order valence-electron chi connectivity index (χ1n) is 9.06. The highest BCUT2D eigenvalue weighted by atomic mass is 35.5. The molecule has 1 N–H and O–H groups in total. The van der Waals surface area contributed by atoms with Gasteiger partial charge in [-0.15, -0.1) is 0 Å². The van der Waals surface area contributed by atoms with Crippen LogP contribution in [0.5, 0.6) is 11.5 Å². The van der Waals surface area contributed by atoms with E-state index in [2.05, 4.69) is 5.32 Å². The molecule has 3 rings (SSSR count). The minimum atomic E-state index is -3.90. The van der Waals surface area contributed by atoms with E-state index in [1.165, 1.54) is 42.8 Å². The SMILES string of the molecule is COc1cc(OC)c(NC(=O)CN2CCN(Cc3ccc(F)cc3Cl)S2(=O)=O)cc1Cl. The van der Waals surface area contributed by atoms with Crippen molar-refractivity contribution in [3.8, 4) is 11.5 Å². The van der Waals surface area contributed by atoms with Gasteiger partial charge < -0.3 is 14.8 Å². The number of anilines is 1. The van der Waals surface area contributed by atoms with Gasteiger partial charge in [-0.3, -0.25) is 4.79 Å². The van der Waals surface area contributed by atoms with Crippen LogP contribution >= 0.6 is 23.2 Å². The average molecular weight is 492 g/mol. The van der Waals surface area contributed by atoms with Crippen molar-refractivity contribution in [2.45, 2.75) is 6.54 Å². The number of hydrogen-bond acceptors (Lipinski definition) is 5. The Labute approximate surface area is 189 Å². The van der Waals surface area contributed by atoms with Crippen LogP contribution in [-0.4, -0.2) is 56.8 Å². The predicted octanol–water partition coefficient (Wildman–Crippen LogP) is 3.15. The number of ether oxygens (including phenoxy) is 2. The Morgan fingerprint density at radius 3 is 2.39 bits per heavy atom. The first kappa shape index (κ1) is 23.6. The maximum Gasteiger partial charge on any atom is 0.282 e. The summed E-state index contributed by atoms with van der Waals surface area (Å²) in [6, 6.07) is 6.74. The molecule has 1 fully saturated rings. The zero-order valence-corrected chi connectivity index (χ0v) is 19.0. The highest BCUT2D eigenvalue weighted by Gasteiger charge is 2.37. The molecule has 1 amide bonds. The van der Waals surface area contributed by atoms with Gasteiger partial charge in [-0.25, -0.2) is 4.39 Å². The fraction of sp³-hybridized carbons (Fsp3) is 0.316. The Bertz CT molecular complexity index is 1100. The van der Waals surface area contributed by atoms with Crippen LogP contribution in [0.25, 0.3) is 0 Å². The third-order valence-electron chi connectivity index (χ3n) is 4.68. The van der Waals surface area contributed by atoms with Gasteiger partial charge in [-0.05, 0) is 23.8 Å². The lowest BCUT2D eigenvalue weighted by Gasteiger charge is -2.19. The largest absolute Gasteiger partial charge is 0.495 e. The maximum atomic E-state index is 13.2. The molecule has 0 atom stereocenters. The van der Waals surface area contributed by atoms with Crippen molar-refractivity contribution in [3.05, 3.63) is 51.8 Å². The monoisotopic (exact) mass is 491 g/mol. The van der Waals surface area contributed by atoms with Gasteiger partial charge in [0.05, 0.1) is 31.5 Å². The molecule has 0 spiro atoms. The van der Waals surface area contributed by atoms with E-state index in [0.29, 0.717) is 17.1 Å². The van der Waals surface area contributed by atoms with Crippen LogP contribution in [0.3, 0.4) is 0 Å². The van der Waals surface area contributed by atoms with Crippen LogP contribution in [0, 0.1) is 5.82 Å². The number of hydrogen-bond donors (Lipinski definition) is 1. The van der Waals surface area contributed by atoms with Crippen molar-refractivity contribution in [2.24, 2.45) is 0 Å². The Kier molecular flexibility index (Phi) is 7.28. The number of methoxy groups -OCH3 is 2. The van der Waals surface area contributed by atoms with E-state index in [1.807, 2.05) is 0 Å². The topological polar surface area (TPSA) is 88.2 Å². The number of amides is 1. The zero-order valence-electron chi connectivity index (χ0n) is 16.7. The minimum Gasteiger partial charge on any atom is -0.495 e. The van der Waals surface area contributed by atoms with Gasteiger partial charge in [-0.1, -0.05) is 29.3 Å². The average Bonchev–Trinajstić information content (AvgIpc) is 2.97. The number of carbonyl (C=O) groups excluding carboxylic acids is 1. The van der Waals surface area contributed by atoms with Gasteiger partial charge in [0, 0.05) is 30.7 Å². The summed E-state index contributed by atoms with van der Waals surface area (Å²) >= 11 is 12.1. The summed E-state index contributed by atoms with van der Waals surface area (Å²) in [6.45, 7) is -0.139. The molecule has 12 heteroatoms. The van der Waals surface area contributed by atoms with Crippen LogP contribution in [0.2, 0.25) is 10.0 Å².